The predicted molar refractivity (Wildman–Crippen MR) is 67.4 cm³/mol. The second-order valence-corrected chi connectivity index (χ2v) is 6.70. The molecule has 0 amide bonds. The van der Waals surface area contributed by atoms with Crippen LogP contribution in [-0.2, 0) is 16.3 Å². The van der Waals surface area contributed by atoms with Gasteiger partial charge in [-0.3, -0.25) is 0 Å². The Kier molecular flexibility index (Phi) is 3.86. The average molecular weight is 274 g/mol. The molecule has 0 bridgehead atoms. The first kappa shape index (κ1) is 13.3. The van der Waals surface area contributed by atoms with Crippen LogP contribution in [0.15, 0.2) is 4.52 Å². The number of sulfone groups is 1. The Morgan fingerprint density at radius 2 is 2.33 bits per heavy atom. The lowest BCUT2D eigenvalue weighted by atomic mass is 10.2. The van der Waals surface area contributed by atoms with E-state index in [1.54, 1.807) is 0 Å². The van der Waals surface area contributed by atoms with Crippen LogP contribution in [0.2, 0.25) is 0 Å². The van der Waals surface area contributed by atoms with Gasteiger partial charge in [-0.15, -0.1) is 0 Å². The number of nitrogens with zero attached hydrogens (tertiary/aromatic N) is 3. The van der Waals surface area contributed by atoms with E-state index in [1.165, 1.54) is 0 Å². The lowest BCUT2D eigenvalue weighted by Gasteiger charge is -2.22. The van der Waals surface area contributed by atoms with Gasteiger partial charge >= 0.3 is 0 Å². The van der Waals surface area contributed by atoms with Gasteiger partial charge in [-0.25, -0.2) is 8.42 Å². The standard InChI is InChI=1S/C10H18N4O3S/c1-3-14(2)10-12-9(17-13-10)6-8-7-18(15,16)5-4-11-8/h8,11H,3-7H2,1-2H3. The highest BCUT2D eigenvalue weighted by Crippen LogP contribution is 2.11. The molecule has 18 heavy (non-hydrogen) atoms. The first-order chi connectivity index (χ1) is 8.50. The molecular weight excluding hydrogens is 256 g/mol. The van der Waals surface area contributed by atoms with Crippen LogP contribution < -0.4 is 10.2 Å². The smallest absolute Gasteiger partial charge is 0.265 e. The molecule has 0 aliphatic carbocycles. The molecule has 1 atom stereocenters. The van der Waals surface area contributed by atoms with Crippen LogP contribution in [0.25, 0.3) is 0 Å². The molecule has 1 unspecified atom stereocenters. The largest absolute Gasteiger partial charge is 0.342 e. The van der Waals surface area contributed by atoms with Crippen molar-refractivity contribution in [1.29, 1.82) is 0 Å². The van der Waals surface area contributed by atoms with Crippen LogP contribution in [0.3, 0.4) is 0 Å². The minimum Gasteiger partial charge on any atom is -0.342 e. The minimum atomic E-state index is -2.93. The Balaban J connectivity index is 1.99. The van der Waals surface area contributed by atoms with Crippen LogP contribution in [0.4, 0.5) is 5.95 Å². The highest BCUT2D eigenvalue weighted by Gasteiger charge is 2.26. The van der Waals surface area contributed by atoms with Crippen LogP contribution in [0.5, 0.6) is 0 Å². The van der Waals surface area contributed by atoms with Crippen LogP contribution >= 0.6 is 0 Å². The normalized spacial score (nSPS) is 22.9. The molecule has 1 saturated heterocycles. The molecule has 2 heterocycles. The van der Waals surface area contributed by atoms with E-state index >= 15 is 0 Å². The number of hydrogen-bond acceptors (Lipinski definition) is 7. The van der Waals surface area contributed by atoms with Gasteiger partial charge in [-0.2, -0.15) is 4.98 Å². The van der Waals surface area contributed by atoms with E-state index in [-0.39, 0.29) is 17.5 Å². The van der Waals surface area contributed by atoms with Crippen LogP contribution in [-0.4, -0.2) is 56.2 Å². The molecule has 1 aliphatic rings. The summed E-state index contributed by atoms with van der Waals surface area (Å²) in [7, 11) is -1.06. The molecule has 1 aromatic heterocycles. The van der Waals surface area contributed by atoms with Gasteiger partial charge in [0.05, 0.1) is 11.5 Å². The zero-order valence-corrected chi connectivity index (χ0v) is 11.4. The number of hydrogen-bond donors (Lipinski definition) is 1. The number of aromatic nitrogens is 2. The van der Waals surface area contributed by atoms with Gasteiger partial charge in [0.2, 0.25) is 5.89 Å². The van der Waals surface area contributed by atoms with Crippen molar-refractivity contribution in [2.24, 2.45) is 0 Å². The fraction of sp³-hybridized carbons (Fsp3) is 0.800. The Labute approximate surface area is 106 Å². The Hall–Kier alpha value is -1.15. The molecule has 1 fully saturated rings. The summed E-state index contributed by atoms with van der Waals surface area (Å²) in [5.41, 5.74) is 0. The first-order valence-electron chi connectivity index (χ1n) is 5.97. The zero-order chi connectivity index (χ0) is 13.2. The third kappa shape index (κ3) is 3.20. The minimum absolute atomic E-state index is 0.133. The highest BCUT2D eigenvalue weighted by molar-refractivity contribution is 7.91. The molecule has 1 aliphatic heterocycles. The summed E-state index contributed by atoms with van der Waals surface area (Å²) in [5, 5.41) is 7.01. The quantitative estimate of drug-likeness (QED) is 0.788. The lowest BCUT2D eigenvalue weighted by molar-refractivity contribution is 0.360. The number of rotatable bonds is 4. The third-order valence-electron chi connectivity index (χ3n) is 3.00. The molecule has 2 rings (SSSR count). The zero-order valence-electron chi connectivity index (χ0n) is 10.6. The van der Waals surface area contributed by atoms with E-state index in [0.717, 1.165) is 6.54 Å². The third-order valence-corrected chi connectivity index (χ3v) is 4.73. The van der Waals surface area contributed by atoms with Crippen LogP contribution in [0, 0.1) is 0 Å². The van der Waals surface area contributed by atoms with E-state index in [1.807, 2.05) is 18.9 Å². The van der Waals surface area contributed by atoms with Crippen molar-refractivity contribution in [3.05, 3.63) is 5.89 Å². The van der Waals surface area contributed by atoms with Crippen molar-refractivity contribution in [1.82, 2.24) is 15.5 Å². The maximum atomic E-state index is 11.5. The van der Waals surface area contributed by atoms with Crippen molar-refractivity contribution >= 4 is 15.8 Å². The Bertz CT molecular complexity index is 499. The topological polar surface area (TPSA) is 88.3 Å². The average Bonchev–Trinajstić information content (AvgIpc) is 2.75. The van der Waals surface area contributed by atoms with Crippen molar-refractivity contribution in [2.45, 2.75) is 19.4 Å². The summed E-state index contributed by atoms with van der Waals surface area (Å²) in [4.78, 5) is 6.10. The molecule has 8 heteroatoms. The van der Waals surface area contributed by atoms with Gasteiger partial charge in [0.1, 0.15) is 0 Å². The summed E-state index contributed by atoms with van der Waals surface area (Å²) in [5.74, 6) is 1.34. The molecule has 102 valence electrons. The summed E-state index contributed by atoms with van der Waals surface area (Å²) in [6, 6.07) is -0.135. The van der Waals surface area contributed by atoms with E-state index in [4.69, 9.17) is 4.52 Å². The van der Waals surface area contributed by atoms with Crippen molar-refractivity contribution < 1.29 is 12.9 Å². The van der Waals surface area contributed by atoms with Crippen molar-refractivity contribution in [3.63, 3.8) is 0 Å². The molecule has 0 radical (unpaired) electrons. The molecule has 0 saturated carbocycles. The molecule has 1 N–H and O–H groups in total. The van der Waals surface area contributed by atoms with Gasteiger partial charge in [-0.05, 0) is 12.1 Å². The summed E-state index contributed by atoms with van der Waals surface area (Å²) < 4.78 is 28.1. The molecule has 0 spiro atoms. The van der Waals surface area contributed by atoms with E-state index in [9.17, 15) is 8.42 Å². The fourth-order valence-corrected chi connectivity index (χ4v) is 3.28. The van der Waals surface area contributed by atoms with Gasteiger partial charge in [-0.1, -0.05) is 0 Å². The van der Waals surface area contributed by atoms with Crippen molar-refractivity contribution in [3.8, 4) is 0 Å². The van der Waals surface area contributed by atoms with Gasteiger partial charge in [0.15, 0.2) is 9.84 Å². The Morgan fingerprint density at radius 1 is 1.56 bits per heavy atom. The van der Waals surface area contributed by atoms with E-state index < -0.39 is 9.84 Å². The highest BCUT2D eigenvalue weighted by atomic mass is 32.2. The van der Waals surface area contributed by atoms with E-state index in [2.05, 4.69) is 15.5 Å². The van der Waals surface area contributed by atoms with E-state index in [0.29, 0.717) is 24.8 Å². The monoisotopic (exact) mass is 274 g/mol. The van der Waals surface area contributed by atoms with Crippen molar-refractivity contribution in [2.75, 3.05) is 36.5 Å². The Morgan fingerprint density at radius 3 is 3.00 bits per heavy atom. The molecule has 0 aromatic carbocycles. The number of nitrogens with one attached hydrogen (secondary N) is 1. The van der Waals surface area contributed by atoms with Gasteiger partial charge < -0.3 is 14.7 Å². The maximum absolute atomic E-state index is 11.5. The summed E-state index contributed by atoms with van der Waals surface area (Å²) in [6.45, 7) is 3.27. The second-order valence-electron chi connectivity index (χ2n) is 4.47. The SMILES string of the molecule is CCN(C)c1noc(CC2CS(=O)(=O)CCN2)n1. The maximum Gasteiger partial charge on any atom is 0.265 e. The fourth-order valence-electron chi connectivity index (χ4n) is 1.83. The molecule has 7 nitrogen and oxygen atoms in total. The first-order valence-corrected chi connectivity index (χ1v) is 7.80. The second kappa shape index (κ2) is 5.23. The molecular formula is C10H18N4O3S. The lowest BCUT2D eigenvalue weighted by Crippen LogP contribution is -2.46. The van der Waals surface area contributed by atoms with Gasteiger partial charge in [0.25, 0.3) is 5.95 Å². The van der Waals surface area contributed by atoms with Crippen LogP contribution in [0.1, 0.15) is 12.8 Å². The molecule has 1 aromatic rings. The predicted octanol–water partition coefficient (Wildman–Crippen LogP) is -0.545. The van der Waals surface area contributed by atoms with Gasteiger partial charge in [0, 0.05) is 32.6 Å². The summed E-state index contributed by atoms with van der Waals surface area (Å²) in [6.07, 6.45) is 0.448. The summed E-state index contributed by atoms with van der Waals surface area (Å²) >= 11 is 0. The number of anilines is 1.